The largest absolute Gasteiger partial charge is 0.491 e. The Morgan fingerprint density at radius 3 is 1.65 bits per heavy atom. The first-order valence-electron chi connectivity index (χ1n) is 16.7. The number of halogens is 17. The van der Waals surface area contributed by atoms with E-state index in [1.807, 2.05) is 0 Å². The number of rotatable bonds is 23. The summed E-state index contributed by atoms with van der Waals surface area (Å²) in [4.78, 5) is 10.9. The van der Waals surface area contributed by atoms with E-state index in [1.165, 1.54) is 63.5 Å². The number of aliphatic hydroxyl groups is 1. The molecule has 0 saturated carbocycles. The maximum Gasteiger partial charge on any atom is 0.460 e. The molecule has 57 heavy (non-hydrogen) atoms. The van der Waals surface area contributed by atoms with Crippen LogP contribution in [0.3, 0.4) is 0 Å². The molecule has 0 saturated heterocycles. The first kappa shape index (κ1) is 51.9. The van der Waals surface area contributed by atoms with Crippen molar-refractivity contribution in [2.24, 2.45) is 0 Å². The maximum absolute atomic E-state index is 14.8. The Labute approximate surface area is 316 Å². The molecule has 0 aliphatic carbocycles. The first-order valence-corrected chi connectivity index (χ1v) is 19.0. The van der Waals surface area contributed by atoms with Crippen LogP contribution in [0, 0.1) is 0 Å². The van der Waals surface area contributed by atoms with Crippen LogP contribution in [-0.2, 0) is 9.22 Å². The van der Waals surface area contributed by atoms with E-state index in [2.05, 4.69) is 0 Å². The molecule has 6 nitrogen and oxygen atoms in total. The average molecular weight is 882 g/mol. The fraction of sp³-hybridized carbons (Fsp3) is 0.667. The van der Waals surface area contributed by atoms with Crippen molar-refractivity contribution >= 4 is 14.2 Å². The van der Waals surface area contributed by atoms with Crippen molar-refractivity contribution in [3.8, 4) is 5.75 Å². The third-order valence-electron chi connectivity index (χ3n) is 9.01. The second kappa shape index (κ2) is 18.9. The van der Waals surface area contributed by atoms with Gasteiger partial charge in [0.05, 0.1) is 12.7 Å². The van der Waals surface area contributed by atoms with Crippen molar-refractivity contribution in [3.05, 3.63) is 54.1 Å². The van der Waals surface area contributed by atoms with Gasteiger partial charge in [-0.1, -0.05) is 58.1 Å². The van der Waals surface area contributed by atoms with E-state index in [-0.39, 0.29) is 12.4 Å². The van der Waals surface area contributed by atoms with Gasteiger partial charge in [-0.05, 0) is 54.1 Å². The molecule has 0 aliphatic heterocycles. The van der Waals surface area contributed by atoms with Gasteiger partial charge in [0.25, 0.3) is 5.91 Å². The summed E-state index contributed by atoms with van der Waals surface area (Å²) in [5.74, 6) is -57.2. The van der Waals surface area contributed by atoms with Crippen LogP contribution in [0.25, 0.3) is 0 Å². The van der Waals surface area contributed by atoms with Crippen molar-refractivity contribution in [1.29, 1.82) is 0 Å². The van der Waals surface area contributed by atoms with Crippen LogP contribution in [0.4, 0.5) is 74.6 Å². The lowest BCUT2D eigenvalue weighted by Crippen LogP contribution is -2.74. The molecule has 0 radical (unpaired) electrons. The van der Waals surface area contributed by atoms with Crippen LogP contribution in [-0.4, -0.2) is 85.4 Å². The highest BCUT2D eigenvalue weighted by molar-refractivity contribution is 6.76. The lowest BCUT2D eigenvalue weighted by atomic mass is 9.88. The summed E-state index contributed by atoms with van der Waals surface area (Å²) in [6, 6.07) is 4.54. The van der Waals surface area contributed by atoms with E-state index in [1.54, 1.807) is 12.2 Å². The van der Waals surface area contributed by atoms with Crippen LogP contribution in [0.15, 0.2) is 48.6 Å². The number of hydrogen-bond donors (Lipinski definition) is 3. The predicted molar refractivity (Wildman–Crippen MR) is 171 cm³/mol. The van der Waals surface area contributed by atoms with Gasteiger partial charge in [-0.15, -0.1) is 0 Å². The van der Waals surface area contributed by atoms with Gasteiger partial charge in [0.1, 0.15) is 12.4 Å². The highest BCUT2D eigenvalue weighted by atomic mass is 28.4. The molecule has 0 aromatic heterocycles. The van der Waals surface area contributed by atoms with Gasteiger partial charge in [0.2, 0.25) is 0 Å². The lowest BCUT2D eigenvalue weighted by Gasteiger charge is -2.44. The number of hydroxylamine groups is 1. The number of alkyl halides is 17. The van der Waals surface area contributed by atoms with E-state index in [0.717, 1.165) is 6.08 Å². The predicted octanol–water partition coefficient (Wildman–Crippen LogP) is 11.1. The smallest absolute Gasteiger partial charge is 0.460 e. The van der Waals surface area contributed by atoms with E-state index >= 15 is 0 Å². The summed E-state index contributed by atoms with van der Waals surface area (Å²) < 4.78 is 245. The SMILES string of the molecule is CC(C)[Si](CCC(F)(F)C(F)(F)C(F)(F)C(F)(F)C(F)(F)C(F)(F)C(F)(F)C(F)(F)F)(OCCOc1ccc([C@@H](O)CCC/C=C/C=C/C(=O)NO)cc1)C(C)C. The minimum Gasteiger partial charge on any atom is -0.491 e. The molecular formula is C33H40F17NO5Si. The lowest BCUT2D eigenvalue weighted by molar-refractivity contribution is -0.461. The quantitative estimate of drug-likeness (QED) is 0.0194. The number of ether oxygens (including phenoxy) is 1. The van der Waals surface area contributed by atoms with E-state index in [9.17, 15) is 84.5 Å². The van der Waals surface area contributed by atoms with Gasteiger partial charge >= 0.3 is 47.6 Å². The fourth-order valence-corrected chi connectivity index (χ4v) is 9.95. The minimum absolute atomic E-state index is 0.183. The van der Waals surface area contributed by atoms with Crippen LogP contribution >= 0.6 is 0 Å². The Kier molecular flexibility index (Phi) is 17.2. The number of aliphatic hydroxyl groups excluding tert-OH is 1. The number of amides is 1. The number of benzene rings is 1. The van der Waals surface area contributed by atoms with Crippen molar-refractivity contribution in [2.75, 3.05) is 13.2 Å². The standard InChI is InChI=1S/C33H40F17NO5Si/c1-20(2)57(21(3)4,56-18-17-55-23-14-12-22(13-15-23)24(52)10-8-6-5-7-9-11-25(53)51-54)19-16-26(34,35)27(36,37)28(38,39)29(40,41)30(42,43)31(44,45)32(46,47)33(48,49)50/h5,7,9,11-15,20-21,24,52,54H,6,8,10,16-19H2,1-4H3,(H,51,53)/b7-5+,11-9+/t24-/m0/s1. The fourth-order valence-electron chi connectivity index (χ4n) is 5.48. The summed E-state index contributed by atoms with van der Waals surface area (Å²) in [5.41, 5.74) is 0.188. The van der Waals surface area contributed by atoms with Gasteiger partial charge in [-0.2, -0.15) is 74.6 Å². The molecule has 0 spiro atoms. The Balaban J connectivity index is 3.08. The molecule has 3 N–H and O–H groups in total. The summed E-state index contributed by atoms with van der Waals surface area (Å²) in [5, 5.41) is 18.8. The Bertz CT molecular complexity index is 1490. The molecular weight excluding hydrogens is 841 g/mol. The number of unbranched alkanes of at least 4 members (excludes halogenated alkanes) is 1. The monoisotopic (exact) mass is 881 g/mol. The van der Waals surface area contributed by atoms with Crippen LogP contribution in [0.5, 0.6) is 5.75 Å². The van der Waals surface area contributed by atoms with Gasteiger partial charge in [-0.25, -0.2) is 5.48 Å². The molecule has 1 amide bonds. The van der Waals surface area contributed by atoms with E-state index in [0.29, 0.717) is 24.8 Å². The van der Waals surface area contributed by atoms with Gasteiger partial charge < -0.3 is 14.3 Å². The van der Waals surface area contributed by atoms with Crippen LogP contribution in [0.2, 0.25) is 17.1 Å². The molecule has 1 aromatic carbocycles. The molecule has 0 heterocycles. The summed E-state index contributed by atoms with van der Waals surface area (Å²) in [6.07, 6.45) is -4.15. The average Bonchev–Trinajstić information content (AvgIpc) is 3.09. The minimum atomic E-state index is -8.68. The zero-order valence-electron chi connectivity index (χ0n) is 30.3. The van der Waals surface area contributed by atoms with Gasteiger partial charge in [0.15, 0.2) is 8.32 Å². The number of allylic oxidation sites excluding steroid dienone is 3. The van der Waals surface area contributed by atoms with Crippen molar-refractivity contribution < 1.29 is 98.9 Å². The number of hydrogen-bond acceptors (Lipinski definition) is 5. The highest BCUT2D eigenvalue weighted by Crippen LogP contribution is 2.64. The van der Waals surface area contributed by atoms with Crippen LogP contribution in [0.1, 0.15) is 65.0 Å². The molecule has 0 bridgehead atoms. The van der Waals surface area contributed by atoms with Crippen molar-refractivity contribution in [3.63, 3.8) is 0 Å². The molecule has 24 heteroatoms. The normalized spacial score (nSPS) is 15.3. The number of carbonyl (C=O) groups is 1. The molecule has 1 atom stereocenters. The zero-order chi connectivity index (χ0) is 44.7. The Morgan fingerprint density at radius 1 is 0.719 bits per heavy atom. The third kappa shape index (κ3) is 10.7. The second-order valence-electron chi connectivity index (χ2n) is 13.4. The summed E-state index contributed by atoms with van der Waals surface area (Å²) in [7, 11) is -3.94. The molecule has 0 aliphatic rings. The molecule has 0 unspecified atom stereocenters. The number of carbonyl (C=O) groups excluding carboxylic acids is 1. The highest BCUT2D eigenvalue weighted by Gasteiger charge is 2.95. The van der Waals surface area contributed by atoms with Gasteiger partial charge in [-0.3, -0.25) is 10.0 Å². The first-order chi connectivity index (χ1) is 25.7. The molecule has 1 aromatic rings. The Hall–Kier alpha value is -3.12. The Morgan fingerprint density at radius 2 is 1.19 bits per heavy atom. The summed E-state index contributed by atoms with van der Waals surface area (Å²) in [6.45, 7) is 4.46. The second-order valence-corrected chi connectivity index (χ2v) is 18.4. The zero-order valence-corrected chi connectivity index (χ0v) is 31.3. The molecule has 330 valence electrons. The molecule has 0 fully saturated rings. The third-order valence-corrected chi connectivity index (χ3v) is 14.7. The van der Waals surface area contributed by atoms with Crippen molar-refractivity contribution in [2.45, 2.75) is 124 Å². The summed E-state index contributed by atoms with van der Waals surface area (Å²) >= 11 is 0. The molecule has 1 rings (SSSR count). The van der Waals surface area contributed by atoms with E-state index < -0.39 is 98.1 Å². The van der Waals surface area contributed by atoms with Gasteiger partial charge in [0, 0.05) is 12.5 Å². The van der Waals surface area contributed by atoms with E-state index in [4.69, 9.17) is 14.4 Å². The van der Waals surface area contributed by atoms with Crippen molar-refractivity contribution in [1.82, 2.24) is 5.48 Å². The topological polar surface area (TPSA) is 88.0 Å². The number of nitrogens with one attached hydrogen (secondary N) is 1. The maximum atomic E-state index is 14.8. The van der Waals surface area contributed by atoms with Crippen LogP contribution < -0.4 is 10.2 Å².